The summed E-state index contributed by atoms with van der Waals surface area (Å²) < 4.78 is 11.5. The smallest absolute Gasteiger partial charge is 0.268 e. The Kier molecular flexibility index (Phi) is 11.2. The van der Waals surface area contributed by atoms with E-state index >= 15 is 0 Å². The minimum absolute atomic E-state index is 0.0109. The lowest BCUT2D eigenvalue weighted by Crippen LogP contribution is -2.33. The van der Waals surface area contributed by atoms with E-state index in [0.29, 0.717) is 72.3 Å². The molecule has 1 atom stereocenters. The third kappa shape index (κ3) is 7.60. The van der Waals surface area contributed by atoms with E-state index in [4.69, 9.17) is 9.47 Å². The fourth-order valence-corrected chi connectivity index (χ4v) is 8.76. The molecule has 0 radical (unpaired) electrons. The van der Waals surface area contributed by atoms with Crippen molar-refractivity contribution in [2.75, 3.05) is 42.9 Å². The van der Waals surface area contributed by atoms with Gasteiger partial charge in [-0.25, -0.2) is 34.6 Å². The second kappa shape index (κ2) is 17.6. The lowest BCUT2D eigenvalue weighted by atomic mass is 9.85. The maximum Gasteiger partial charge on any atom is 0.268 e. The van der Waals surface area contributed by atoms with E-state index in [0.717, 1.165) is 20.3 Å². The normalized spacial score (nSPS) is 17.4. The number of hydrogen-bond acceptors (Lipinski definition) is 14. The molecule has 1 aliphatic carbocycles. The number of unbranched alkanes of at least 4 members (excludes halogenated alkanes) is 2. The molecule has 4 aliphatic heterocycles. The molecule has 334 valence electrons. The first kappa shape index (κ1) is 42.7. The van der Waals surface area contributed by atoms with Gasteiger partial charge in [0.1, 0.15) is 6.73 Å². The fourth-order valence-electron chi connectivity index (χ4n) is 8.76. The van der Waals surface area contributed by atoms with E-state index in [1.54, 1.807) is 72.8 Å². The summed E-state index contributed by atoms with van der Waals surface area (Å²) in [6.45, 7) is 1.16. The molecule has 8 amide bonds. The zero-order valence-corrected chi connectivity index (χ0v) is 35.6. The van der Waals surface area contributed by atoms with Crippen LogP contribution in [0.1, 0.15) is 106 Å². The van der Waals surface area contributed by atoms with Crippen molar-refractivity contribution in [1.29, 1.82) is 0 Å². The lowest BCUT2D eigenvalue weighted by Gasteiger charge is -2.18. The zero-order valence-electron chi connectivity index (χ0n) is 35.6. The van der Waals surface area contributed by atoms with Gasteiger partial charge in [-0.2, -0.15) is 0 Å². The van der Waals surface area contributed by atoms with Gasteiger partial charge < -0.3 is 9.47 Å². The molecule has 18 heteroatoms. The van der Waals surface area contributed by atoms with Crippen LogP contribution >= 0.6 is 0 Å². The molecule has 18 nitrogen and oxygen atoms in total. The third-order valence-corrected chi connectivity index (χ3v) is 12.2. The number of imide groups is 4. The molecule has 10 rings (SSSR count). The van der Waals surface area contributed by atoms with Gasteiger partial charge in [-0.1, -0.05) is 30.4 Å². The number of allylic oxidation sites excluding steroid dienone is 1. The number of aromatic nitrogens is 4. The minimum atomic E-state index is -0.559. The first-order chi connectivity index (χ1) is 32.6. The topological polar surface area (TPSA) is 220 Å². The molecule has 0 bridgehead atoms. The number of fused-ring (bicyclic) bond motifs is 3. The Balaban J connectivity index is 0.634. The van der Waals surface area contributed by atoms with Crippen molar-refractivity contribution in [1.82, 2.24) is 29.7 Å². The van der Waals surface area contributed by atoms with Crippen molar-refractivity contribution in [3.8, 4) is 11.1 Å². The Labute approximate surface area is 381 Å². The Morgan fingerprint density at radius 3 is 1.64 bits per heavy atom. The van der Waals surface area contributed by atoms with Crippen LogP contribution in [0.15, 0.2) is 115 Å². The van der Waals surface area contributed by atoms with Crippen molar-refractivity contribution in [2.24, 2.45) is 0 Å². The molecule has 0 spiro atoms. The van der Waals surface area contributed by atoms with Gasteiger partial charge in [0, 0.05) is 68.2 Å². The zero-order chi connectivity index (χ0) is 46.3. The van der Waals surface area contributed by atoms with Crippen LogP contribution in [-0.4, -0.2) is 110 Å². The van der Waals surface area contributed by atoms with Crippen LogP contribution in [-0.2, 0) is 19.1 Å². The molecule has 0 N–H and O–H groups in total. The number of carbonyl (C=O) groups is 8. The highest BCUT2D eigenvalue weighted by atomic mass is 16.5. The predicted molar refractivity (Wildman–Crippen MR) is 236 cm³/mol. The van der Waals surface area contributed by atoms with Crippen LogP contribution in [0.25, 0.3) is 11.1 Å². The molecule has 0 fully saturated rings. The quantitative estimate of drug-likeness (QED) is 0.0931. The molecule has 2 aromatic heterocycles. The van der Waals surface area contributed by atoms with Crippen molar-refractivity contribution < 1.29 is 47.8 Å². The summed E-state index contributed by atoms with van der Waals surface area (Å²) in [6.07, 6.45) is 11.9. The van der Waals surface area contributed by atoms with E-state index in [-0.39, 0.29) is 78.2 Å². The van der Waals surface area contributed by atoms with Crippen LogP contribution in [0.4, 0.5) is 11.9 Å². The summed E-state index contributed by atoms with van der Waals surface area (Å²) in [5.74, 6) is -4.07. The second-order valence-corrected chi connectivity index (χ2v) is 16.2. The van der Waals surface area contributed by atoms with Crippen LogP contribution in [0.2, 0.25) is 0 Å². The van der Waals surface area contributed by atoms with Crippen molar-refractivity contribution >= 4 is 59.2 Å². The Morgan fingerprint density at radius 2 is 0.985 bits per heavy atom. The standard InChI is InChI=1S/C49H38N8O10/c58-40-32-11-7-28(30-9-13-34-38(25-30)46(64)56(44(34)62)48-50-15-5-16-51-48)23-36(32)42(60)54(40)19-1-2-20-66-21-3-4-22-67-27-55-41(59)33-12-8-29(24-37(33)43(55)61)31-10-14-35-39(26-31)47(65)57(45(35)63)49-52-17-6-18-53-49/h5-18,23-24,26,30H,1-4,19-22,25,27H2. The number of nitrogens with zero attached hydrogens (tertiary/aromatic N) is 8. The maximum absolute atomic E-state index is 13.4. The number of hydrogen-bond donors (Lipinski definition) is 0. The highest BCUT2D eigenvalue weighted by Gasteiger charge is 2.43. The first-order valence-corrected chi connectivity index (χ1v) is 21.6. The summed E-state index contributed by atoms with van der Waals surface area (Å²) in [5.41, 5.74) is 4.03. The average molecular weight is 899 g/mol. The van der Waals surface area contributed by atoms with Gasteiger partial charge in [-0.15, -0.1) is 0 Å². The van der Waals surface area contributed by atoms with Gasteiger partial charge >= 0.3 is 0 Å². The lowest BCUT2D eigenvalue weighted by molar-refractivity contribution is -0.120. The van der Waals surface area contributed by atoms with Crippen LogP contribution < -0.4 is 9.80 Å². The molecular weight excluding hydrogens is 861 g/mol. The minimum Gasteiger partial charge on any atom is -0.381 e. The number of benzene rings is 3. The summed E-state index contributed by atoms with van der Waals surface area (Å²) in [4.78, 5) is 126. The molecule has 67 heavy (non-hydrogen) atoms. The molecule has 3 aromatic carbocycles. The highest BCUT2D eigenvalue weighted by molar-refractivity contribution is 6.34. The third-order valence-electron chi connectivity index (χ3n) is 12.2. The number of ether oxygens (including phenoxy) is 2. The molecule has 1 unspecified atom stereocenters. The molecule has 0 saturated carbocycles. The Bertz CT molecular complexity index is 3030. The largest absolute Gasteiger partial charge is 0.381 e. The SMILES string of the molecule is O=C1c2ccc(C3C=CC4=C(C3)C(=O)N(c3ncccn3)C4=O)cc2C(=O)N1CCCCOCCCCOCN1C(=O)c2ccc(-c3ccc4c(c3)C(=O)N(c3ncccn3)C4=O)cc2C1=O. The Morgan fingerprint density at radius 1 is 0.493 bits per heavy atom. The van der Waals surface area contributed by atoms with E-state index in [9.17, 15) is 38.4 Å². The van der Waals surface area contributed by atoms with Gasteiger partial charge in [0.15, 0.2) is 0 Å². The number of amides is 8. The van der Waals surface area contributed by atoms with Crippen LogP contribution in [0.3, 0.4) is 0 Å². The molecule has 6 heterocycles. The van der Waals surface area contributed by atoms with Crippen LogP contribution in [0.5, 0.6) is 0 Å². The van der Waals surface area contributed by atoms with Crippen molar-refractivity contribution in [3.63, 3.8) is 0 Å². The first-order valence-electron chi connectivity index (χ1n) is 21.6. The van der Waals surface area contributed by atoms with Gasteiger partial charge in [-0.05, 0) is 97.3 Å². The molecule has 5 aliphatic rings. The monoisotopic (exact) mass is 898 g/mol. The van der Waals surface area contributed by atoms with Gasteiger partial charge in [0.25, 0.3) is 47.3 Å². The number of carbonyl (C=O) groups excluding carboxylic acids is 8. The van der Waals surface area contributed by atoms with Gasteiger partial charge in [0.2, 0.25) is 11.9 Å². The predicted octanol–water partition coefficient (Wildman–Crippen LogP) is 5.09. The summed E-state index contributed by atoms with van der Waals surface area (Å²) >= 11 is 0. The highest BCUT2D eigenvalue weighted by Crippen LogP contribution is 2.39. The van der Waals surface area contributed by atoms with Crippen molar-refractivity contribution in [2.45, 2.75) is 38.0 Å². The average Bonchev–Trinajstić information content (AvgIpc) is 3.95. The van der Waals surface area contributed by atoms with Gasteiger partial charge in [0.05, 0.1) is 33.4 Å². The van der Waals surface area contributed by atoms with E-state index in [2.05, 4.69) is 19.9 Å². The van der Waals surface area contributed by atoms with Crippen LogP contribution in [0, 0.1) is 0 Å². The fraction of sp³-hybridized carbons (Fsp3) is 0.224. The van der Waals surface area contributed by atoms with E-state index in [1.165, 1.54) is 29.7 Å². The van der Waals surface area contributed by atoms with E-state index < -0.39 is 35.4 Å². The molecular formula is C49H38N8O10. The van der Waals surface area contributed by atoms with Crippen molar-refractivity contribution in [3.05, 3.63) is 154 Å². The number of anilines is 2. The maximum atomic E-state index is 13.4. The summed E-state index contributed by atoms with van der Waals surface area (Å²) in [5, 5.41) is 0. The Hall–Kier alpha value is -8.22. The molecule has 5 aromatic rings. The molecule has 0 saturated heterocycles. The summed E-state index contributed by atoms with van der Waals surface area (Å²) in [7, 11) is 0. The summed E-state index contributed by atoms with van der Waals surface area (Å²) in [6, 6.07) is 17.9. The second-order valence-electron chi connectivity index (χ2n) is 16.2. The van der Waals surface area contributed by atoms with E-state index in [1.807, 2.05) is 6.08 Å². The number of rotatable bonds is 16. The van der Waals surface area contributed by atoms with Gasteiger partial charge in [-0.3, -0.25) is 43.3 Å².